The van der Waals surface area contributed by atoms with Gasteiger partial charge in [-0.05, 0) is 44.0 Å². The summed E-state index contributed by atoms with van der Waals surface area (Å²) in [4.78, 5) is 16.0. The van der Waals surface area contributed by atoms with Gasteiger partial charge < -0.3 is 10.6 Å². The lowest BCUT2D eigenvalue weighted by atomic mass is 9.99. The zero-order valence-corrected chi connectivity index (χ0v) is 11.9. The van der Waals surface area contributed by atoms with E-state index in [2.05, 4.69) is 15.6 Å². The Morgan fingerprint density at radius 2 is 2.28 bits per heavy atom. The molecule has 2 N–H and O–H groups in total. The minimum absolute atomic E-state index is 0. The molecule has 1 fully saturated rings. The first kappa shape index (κ1) is 17.2. The summed E-state index contributed by atoms with van der Waals surface area (Å²) in [6.07, 6.45) is 3.74. The molecule has 1 saturated heterocycles. The van der Waals surface area contributed by atoms with E-state index in [1.54, 1.807) is 6.20 Å². The van der Waals surface area contributed by atoms with Gasteiger partial charge in [0.15, 0.2) is 0 Å². The number of aromatic nitrogens is 1. The Hall–Kier alpha value is -0.840. The molecule has 1 amide bonds. The summed E-state index contributed by atoms with van der Waals surface area (Å²) in [6.45, 7) is 3.78. The maximum Gasteiger partial charge on any atom is 0.229 e. The van der Waals surface area contributed by atoms with Crippen molar-refractivity contribution in [2.75, 3.05) is 18.4 Å². The van der Waals surface area contributed by atoms with Gasteiger partial charge in [-0.1, -0.05) is 0 Å². The number of aryl methyl sites for hydroxylation is 1. The second-order valence-electron chi connectivity index (χ2n) is 4.25. The fourth-order valence-corrected chi connectivity index (χ4v) is 1.91. The average molecular weight is 292 g/mol. The summed E-state index contributed by atoms with van der Waals surface area (Å²) in [5, 5.41) is 6.09. The topological polar surface area (TPSA) is 54.0 Å². The van der Waals surface area contributed by atoms with E-state index >= 15 is 0 Å². The predicted molar refractivity (Wildman–Crippen MR) is 77.7 cm³/mol. The molecular weight excluding hydrogens is 273 g/mol. The quantitative estimate of drug-likeness (QED) is 0.878. The third-order valence-corrected chi connectivity index (χ3v) is 2.83. The van der Waals surface area contributed by atoms with Crippen LogP contribution in [-0.4, -0.2) is 24.0 Å². The number of amides is 1. The molecule has 1 aromatic heterocycles. The van der Waals surface area contributed by atoms with Gasteiger partial charge in [-0.3, -0.25) is 4.79 Å². The molecule has 1 aliphatic heterocycles. The van der Waals surface area contributed by atoms with Crippen LogP contribution in [0.3, 0.4) is 0 Å². The van der Waals surface area contributed by atoms with Crippen molar-refractivity contribution in [1.82, 2.24) is 10.3 Å². The van der Waals surface area contributed by atoms with Crippen LogP contribution in [0, 0.1) is 12.8 Å². The zero-order valence-electron chi connectivity index (χ0n) is 10.3. The van der Waals surface area contributed by atoms with E-state index in [-0.39, 0.29) is 36.6 Å². The Kier molecular flexibility index (Phi) is 7.91. The first-order valence-corrected chi connectivity index (χ1v) is 5.70. The lowest BCUT2D eigenvalue weighted by molar-refractivity contribution is -0.120. The fourth-order valence-electron chi connectivity index (χ4n) is 1.91. The van der Waals surface area contributed by atoms with E-state index in [9.17, 15) is 4.79 Å². The molecule has 18 heavy (non-hydrogen) atoms. The molecule has 2 heterocycles. The highest BCUT2D eigenvalue weighted by molar-refractivity contribution is 5.91. The number of hydrogen-bond acceptors (Lipinski definition) is 3. The number of hydrogen-bond donors (Lipinski definition) is 2. The van der Waals surface area contributed by atoms with E-state index in [1.807, 2.05) is 19.1 Å². The molecule has 0 saturated carbocycles. The number of nitrogens with one attached hydrogen (secondary N) is 2. The maximum atomic E-state index is 11.9. The predicted octanol–water partition coefficient (Wildman–Crippen LogP) is 2.17. The number of nitrogens with zero attached hydrogens (tertiary/aromatic N) is 1. The van der Waals surface area contributed by atoms with Crippen LogP contribution in [0.4, 0.5) is 5.82 Å². The van der Waals surface area contributed by atoms with Gasteiger partial charge in [-0.2, -0.15) is 0 Å². The van der Waals surface area contributed by atoms with Crippen molar-refractivity contribution in [3.05, 3.63) is 23.9 Å². The van der Waals surface area contributed by atoms with Crippen LogP contribution in [0.1, 0.15) is 18.4 Å². The second kappa shape index (κ2) is 8.29. The third-order valence-electron chi connectivity index (χ3n) is 2.83. The SMILES string of the molecule is Cc1ccnc(NC(=O)C2CCCNC2)c1.Cl.Cl. The second-order valence-corrected chi connectivity index (χ2v) is 4.25. The summed E-state index contributed by atoms with van der Waals surface area (Å²) >= 11 is 0. The van der Waals surface area contributed by atoms with Gasteiger partial charge in [0.2, 0.25) is 5.91 Å². The number of piperidine rings is 1. The largest absolute Gasteiger partial charge is 0.316 e. The molecule has 6 heteroatoms. The number of carbonyl (C=O) groups excluding carboxylic acids is 1. The standard InChI is InChI=1S/C12H17N3O.2ClH/c1-9-4-6-14-11(7-9)15-12(16)10-3-2-5-13-8-10;;/h4,6-7,10,13H,2-3,5,8H2,1H3,(H,14,15,16);2*1H. The molecule has 2 rings (SSSR count). The van der Waals surface area contributed by atoms with E-state index < -0.39 is 0 Å². The van der Waals surface area contributed by atoms with E-state index in [0.717, 1.165) is 31.5 Å². The Bertz CT molecular complexity index is 381. The van der Waals surface area contributed by atoms with Gasteiger partial charge in [-0.15, -0.1) is 24.8 Å². The summed E-state index contributed by atoms with van der Waals surface area (Å²) in [5.74, 6) is 0.803. The van der Waals surface area contributed by atoms with Crippen molar-refractivity contribution in [3.8, 4) is 0 Å². The summed E-state index contributed by atoms with van der Waals surface area (Å²) in [7, 11) is 0. The normalized spacial score (nSPS) is 18.2. The molecule has 0 aliphatic carbocycles. The van der Waals surface area contributed by atoms with Crippen LogP contribution in [0.2, 0.25) is 0 Å². The highest BCUT2D eigenvalue weighted by atomic mass is 35.5. The molecule has 102 valence electrons. The van der Waals surface area contributed by atoms with Crippen molar-refractivity contribution in [2.45, 2.75) is 19.8 Å². The molecular formula is C12H19Cl2N3O. The molecule has 0 spiro atoms. The van der Waals surface area contributed by atoms with Crippen LogP contribution < -0.4 is 10.6 Å². The Morgan fingerprint density at radius 1 is 1.50 bits per heavy atom. The molecule has 0 bridgehead atoms. The monoisotopic (exact) mass is 291 g/mol. The van der Waals surface area contributed by atoms with Crippen LogP contribution in [0.25, 0.3) is 0 Å². The molecule has 1 aliphatic rings. The highest BCUT2D eigenvalue weighted by Crippen LogP contribution is 2.13. The summed E-state index contributed by atoms with van der Waals surface area (Å²) < 4.78 is 0. The lowest BCUT2D eigenvalue weighted by Crippen LogP contribution is -2.37. The number of halogens is 2. The van der Waals surface area contributed by atoms with Gasteiger partial charge in [0.25, 0.3) is 0 Å². The van der Waals surface area contributed by atoms with Crippen LogP contribution in [-0.2, 0) is 4.79 Å². The van der Waals surface area contributed by atoms with Gasteiger partial charge in [0.05, 0.1) is 5.92 Å². The molecule has 0 aromatic carbocycles. The molecule has 0 radical (unpaired) electrons. The molecule has 1 aromatic rings. The summed E-state index contributed by atoms with van der Waals surface area (Å²) in [5.41, 5.74) is 1.10. The van der Waals surface area contributed by atoms with Gasteiger partial charge in [0, 0.05) is 12.7 Å². The number of rotatable bonds is 2. The van der Waals surface area contributed by atoms with Gasteiger partial charge >= 0.3 is 0 Å². The molecule has 4 nitrogen and oxygen atoms in total. The number of pyridine rings is 1. The Labute approximate surface area is 120 Å². The van der Waals surface area contributed by atoms with Gasteiger partial charge in [-0.25, -0.2) is 4.98 Å². The van der Waals surface area contributed by atoms with Crippen molar-refractivity contribution in [1.29, 1.82) is 0 Å². The van der Waals surface area contributed by atoms with Crippen molar-refractivity contribution in [2.24, 2.45) is 5.92 Å². The average Bonchev–Trinajstić information content (AvgIpc) is 2.30. The van der Waals surface area contributed by atoms with Crippen LogP contribution in [0.5, 0.6) is 0 Å². The van der Waals surface area contributed by atoms with Crippen LogP contribution in [0.15, 0.2) is 18.3 Å². The van der Waals surface area contributed by atoms with E-state index in [4.69, 9.17) is 0 Å². The van der Waals surface area contributed by atoms with E-state index in [1.165, 1.54) is 0 Å². The smallest absolute Gasteiger partial charge is 0.229 e. The van der Waals surface area contributed by atoms with Crippen molar-refractivity contribution >= 4 is 36.5 Å². The maximum absolute atomic E-state index is 11.9. The van der Waals surface area contributed by atoms with Crippen molar-refractivity contribution < 1.29 is 4.79 Å². The molecule has 1 unspecified atom stereocenters. The minimum atomic E-state index is 0. The fraction of sp³-hybridized carbons (Fsp3) is 0.500. The summed E-state index contributed by atoms with van der Waals surface area (Å²) in [6, 6.07) is 3.80. The van der Waals surface area contributed by atoms with Crippen LogP contribution >= 0.6 is 24.8 Å². The zero-order chi connectivity index (χ0) is 11.4. The van der Waals surface area contributed by atoms with Crippen molar-refractivity contribution in [3.63, 3.8) is 0 Å². The first-order valence-electron chi connectivity index (χ1n) is 5.70. The first-order chi connectivity index (χ1) is 7.75. The number of carbonyl (C=O) groups is 1. The third kappa shape index (κ3) is 4.80. The van der Waals surface area contributed by atoms with Gasteiger partial charge in [0.1, 0.15) is 5.82 Å². The van der Waals surface area contributed by atoms with E-state index in [0.29, 0.717) is 5.82 Å². The highest BCUT2D eigenvalue weighted by Gasteiger charge is 2.20. The molecule has 1 atom stereocenters. The lowest BCUT2D eigenvalue weighted by Gasteiger charge is -2.21. The Balaban J connectivity index is 0.00000144. The minimum Gasteiger partial charge on any atom is -0.316 e. The Morgan fingerprint density at radius 3 is 2.89 bits per heavy atom. The number of anilines is 1.